The Labute approximate surface area is 174 Å². The number of aryl methyl sites for hydroxylation is 1. The minimum Gasteiger partial charge on any atom is -0.357 e. The van der Waals surface area contributed by atoms with Gasteiger partial charge < -0.3 is 15.1 Å². The molecule has 1 N–H and O–H groups in total. The van der Waals surface area contributed by atoms with Gasteiger partial charge in [0.25, 0.3) is 0 Å². The number of hydrogen-bond donors (Lipinski definition) is 1. The summed E-state index contributed by atoms with van der Waals surface area (Å²) in [5.74, 6) is 1.83. The van der Waals surface area contributed by atoms with Gasteiger partial charge in [0, 0.05) is 25.5 Å². The zero-order valence-corrected chi connectivity index (χ0v) is 19.3. The standard InChI is InChI=1S/C18H33N5S.HI/c1-5-19-18(22(4)13-17-14-24-15(3)21-17)20-10-7-16-8-11-23(6-2)12-9-16;/h14,16H,5-13H2,1-4H3,(H,19,20);1H. The number of halogens is 1. The van der Waals surface area contributed by atoms with E-state index in [2.05, 4.69) is 53.3 Å². The zero-order chi connectivity index (χ0) is 17.4. The maximum Gasteiger partial charge on any atom is 0.194 e. The van der Waals surface area contributed by atoms with Gasteiger partial charge in [-0.1, -0.05) is 6.92 Å². The fourth-order valence-electron chi connectivity index (χ4n) is 3.21. The van der Waals surface area contributed by atoms with Gasteiger partial charge in [-0.3, -0.25) is 4.99 Å². The van der Waals surface area contributed by atoms with Crippen LogP contribution in [-0.4, -0.2) is 60.5 Å². The molecule has 1 saturated heterocycles. The minimum absolute atomic E-state index is 0. The average molecular weight is 479 g/mol. The van der Waals surface area contributed by atoms with Crippen LogP contribution in [0, 0.1) is 12.8 Å². The maximum atomic E-state index is 4.84. The summed E-state index contributed by atoms with van der Waals surface area (Å²) in [4.78, 5) is 14.1. The number of thiazole rings is 1. The van der Waals surface area contributed by atoms with Gasteiger partial charge in [-0.25, -0.2) is 4.98 Å². The van der Waals surface area contributed by atoms with Gasteiger partial charge in [0.2, 0.25) is 0 Å². The second-order valence-electron chi connectivity index (χ2n) is 6.62. The van der Waals surface area contributed by atoms with Crippen LogP contribution in [-0.2, 0) is 6.54 Å². The van der Waals surface area contributed by atoms with Crippen molar-refractivity contribution in [1.29, 1.82) is 0 Å². The molecule has 0 amide bonds. The highest BCUT2D eigenvalue weighted by atomic mass is 127. The number of aliphatic imine (C=N–C) groups is 1. The average Bonchev–Trinajstić information content (AvgIpc) is 2.99. The molecule has 0 unspecified atom stereocenters. The summed E-state index contributed by atoms with van der Waals surface area (Å²) in [6.45, 7) is 12.8. The van der Waals surface area contributed by atoms with Crippen LogP contribution in [0.3, 0.4) is 0 Å². The molecule has 5 nitrogen and oxygen atoms in total. The maximum absolute atomic E-state index is 4.84. The molecule has 25 heavy (non-hydrogen) atoms. The number of likely N-dealkylation sites (tertiary alicyclic amines) is 1. The van der Waals surface area contributed by atoms with Gasteiger partial charge in [-0.2, -0.15) is 0 Å². The van der Waals surface area contributed by atoms with Gasteiger partial charge in [-0.15, -0.1) is 35.3 Å². The van der Waals surface area contributed by atoms with Crippen LogP contribution in [0.1, 0.15) is 43.8 Å². The van der Waals surface area contributed by atoms with E-state index in [0.717, 1.165) is 42.2 Å². The lowest BCUT2D eigenvalue weighted by molar-refractivity contribution is 0.188. The third-order valence-corrected chi connectivity index (χ3v) is 5.54. The molecule has 144 valence electrons. The van der Waals surface area contributed by atoms with Crippen LogP contribution < -0.4 is 5.32 Å². The molecule has 1 aliphatic rings. The first-order valence-electron chi connectivity index (χ1n) is 9.25. The van der Waals surface area contributed by atoms with Gasteiger partial charge in [0.05, 0.1) is 17.2 Å². The fraction of sp³-hybridized carbons (Fsp3) is 0.778. The molecule has 0 spiro atoms. The quantitative estimate of drug-likeness (QED) is 0.369. The first-order valence-corrected chi connectivity index (χ1v) is 10.1. The van der Waals surface area contributed by atoms with Crippen molar-refractivity contribution in [3.05, 3.63) is 16.1 Å². The summed E-state index contributed by atoms with van der Waals surface area (Å²) in [7, 11) is 2.09. The Morgan fingerprint density at radius 1 is 1.40 bits per heavy atom. The van der Waals surface area contributed by atoms with E-state index in [1.165, 1.54) is 38.9 Å². The number of rotatable bonds is 7. The van der Waals surface area contributed by atoms with E-state index >= 15 is 0 Å². The summed E-state index contributed by atoms with van der Waals surface area (Å²) in [5.41, 5.74) is 1.12. The topological polar surface area (TPSA) is 43.8 Å². The molecule has 7 heteroatoms. The first-order chi connectivity index (χ1) is 11.6. The van der Waals surface area contributed by atoms with Crippen molar-refractivity contribution >= 4 is 41.3 Å². The molecular weight excluding hydrogens is 445 g/mol. The normalized spacial score (nSPS) is 16.6. The summed E-state index contributed by atoms with van der Waals surface area (Å²) >= 11 is 1.71. The van der Waals surface area contributed by atoms with Gasteiger partial charge in [0.15, 0.2) is 5.96 Å². The number of piperidine rings is 1. The Morgan fingerprint density at radius 3 is 2.68 bits per heavy atom. The zero-order valence-electron chi connectivity index (χ0n) is 16.1. The summed E-state index contributed by atoms with van der Waals surface area (Å²) in [6.07, 6.45) is 3.86. The predicted octanol–water partition coefficient (Wildman–Crippen LogP) is 3.59. The van der Waals surface area contributed by atoms with Crippen molar-refractivity contribution in [1.82, 2.24) is 20.1 Å². The van der Waals surface area contributed by atoms with Crippen molar-refractivity contribution in [2.75, 3.05) is 39.8 Å². The van der Waals surface area contributed by atoms with E-state index in [1.54, 1.807) is 11.3 Å². The van der Waals surface area contributed by atoms with Gasteiger partial charge in [-0.05, 0) is 58.7 Å². The van der Waals surface area contributed by atoms with E-state index in [-0.39, 0.29) is 24.0 Å². The molecule has 0 saturated carbocycles. The fourth-order valence-corrected chi connectivity index (χ4v) is 3.82. The van der Waals surface area contributed by atoms with E-state index in [1.807, 2.05) is 0 Å². The molecule has 0 aromatic carbocycles. The highest BCUT2D eigenvalue weighted by Crippen LogP contribution is 2.20. The summed E-state index contributed by atoms with van der Waals surface area (Å²) < 4.78 is 0. The van der Waals surface area contributed by atoms with Crippen LogP contribution in [0.4, 0.5) is 0 Å². The monoisotopic (exact) mass is 479 g/mol. The number of nitrogens with zero attached hydrogens (tertiary/aromatic N) is 4. The lowest BCUT2D eigenvalue weighted by Crippen LogP contribution is -2.38. The second-order valence-corrected chi connectivity index (χ2v) is 7.68. The lowest BCUT2D eigenvalue weighted by Gasteiger charge is -2.30. The highest BCUT2D eigenvalue weighted by Gasteiger charge is 2.17. The predicted molar refractivity (Wildman–Crippen MR) is 119 cm³/mol. The number of aromatic nitrogens is 1. The Kier molecular flexibility index (Phi) is 10.9. The van der Waals surface area contributed by atoms with E-state index in [0.29, 0.717) is 0 Å². The Morgan fingerprint density at radius 2 is 2.12 bits per heavy atom. The second kappa shape index (κ2) is 12.1. The smallest absolute Gasteiger partial charge is 0.194 e. The van der Waals surface area contributed by atoms with Crippen molar-refractivity contribution in [2.24, 2.45) is 10.9 Å². The molecule has 0 radical (unpaired) electrons. The molecular formula is C18H34IN5S. The molecule has 0 aliphatic carbocycles. The molecule has 1 fully saturated rings. The van der Waals surface area contributed by atoms with Crippen LogP contribution in [0.15, 0.2) is 10.4 Å². The number of guanidine groups is 1. The largest absolute Gasteiger partial charge is 0.357 e. The molecule has 2 rings (SSSR count). The molecule has 0 bridgehead atoms. The number of hydrogen-bond acceptors (Lipinski definition) is 4. The highest BCUT2D eigenvalue weighted by molar-refractivity contribution is 14.0. The van der Waals surface area contributed by atoms with Crippen LogP contribution >= 0.6 is 35.3 Å². The molecule has 0 atom stereocenters. The van der Waals surface area contributed by atoms with Crippen LogP contribution in [0.25, 0.3) is 0 Å². The number of nitrogens with one attached hydrogen (secondary N) is 1. The van der Waals surface area contributed by atoms with Crippen LogP contribution in [0.5, 0.6) is 0 Å². The Balaban J connectivity index is 0.00000312. The van der Waals surface area contributed by atoms with Crippen molar-refractivity contribution < 1.29 is 0 Å². The van der Waals surface area contributed by atoms with Crippen LogP contribution in [0.2, 0.25) is 0 Å². The molecule has 1 aromatic heterocycles. The van der Waals surface area contributed by atoms with Gasteiger partial charge >= 0.3 is 0 Å². The first kappa shape index (κ1) is 22.6. The Bertz CT molecular complexity index is 511. The van der Waals surface area contributed by atoms with Crippen molar-refractivity contribution in [3.63, 3.8) is 0 Å². The van der Waals surface area contributed by atoms with E-state index in [4.69, 9.17) is 4.99 Å². The van der Waals surface area contributed by atoms with Gasteiger partial charge in [0.1, 0.15) is 0 Å². The minimum atomic E-state index is 0. The van der Waals surface area contributed by atoms with Crippen molar-refractivity contribution in [3.8, 4) is 0 Å². The SMILES string of the molecule is CCNC(=NCCC1CCN(CC)CC1)N(C)Cc1csc(C)n1.I. The molecule has 1 aliphatic heterocycles. The lowest BCUT2D eigenvalue weighted by atomic mass is 9.94. The third kappa shape index (κ3) is 7.78. The summed E-state index contributed by atoms with van der Waals surface area (Å²) in [5, 5.41) is 6.67. The Hall–Kier alpha value is -0.410. The summed E-state index contributed by atoms with van der Waals surface area (Å²) in [6, 6.07) is 0. The molecule has 1 aromatic rings. The van der Waals surface area contributed by atoms with Crippen molar-refractivity contribution in [2.45, 2.75) is 46.6 Å². The van der Waals surface area contributed by atoms with E-state index in [9.17, 15) is 0 Å². The third-order valence-electron chi connectivity index (χ3n) is 4.72. The van der Waals surface area contributed by atoms with E-state index < -0.39 is 0 Å². The molecule has 2 heterocycles.